The highest BCUT2D eigenvalue weighted by atomic mass is 32.1. The summed E-state index contributed by atoms with van der Waals surface area (Å²) >= 11 is 1.60. The Bertz CT molecular complexity index is 938. The SMILES string of the molecule is CCc1ccccc1NC(=O)C1CCN(C(=O)c2cc3ccsc3[nH]2)CC1. The summed E-state index contributed by atoms with van der Waals surface area (Å²) in [5, 5.41) is 6.16. The number of aromatic nitrogens is 1. The highest BCUT2D eigenvalue weighted by Gasteiger charge is 2.28. The number of carbonyl (C=O) groups excluding carboxylic acids is 2. The number of aryl methyl sites for hydroxylation is 1. The monoisotopic (exact) mass is 381 g/mol. The predicted octanol–water partition coefficient (Wildman–Crippen LogP) is 4.28. The first-order chi connectivity index (χ1) is 13.2. The molecule has 1 fully saturated rings. The smallest absolute Gasteiger partial charge is 0.270 e. The first-order valence-corrected chi connectivity index (χ1v) is 10.3. The largest absolute Gasteiger partial charge is 0.342 e. The molecule has 0 unspecified atom stereocenters. The van der Waals surface area contributed by atoms with Gasteiger partial charge in [-0.3, -0.25) is 9.59 Å². The van der Waals surface area contributed by atoms with Crippen LogP contribution in [0.25, 0.3) is 10.2 Å². The Balaban J connectivity index is 1.36. The van der Waals surface area contributed by atoms with E-state index >= 15 is 0 Å². The van der Waals surface area contributed by atoms with Gasteiger partial charge in [-0.2, -0.15) is 0 Å². The fraction of sp³-hybridized carbons (Fsp3) is 0.333. The molecule has 0 aliphatic carbocycles. The molecule has 0 spiro atoms. The van der Waals surface area contributed by atoms with Crippen LogP contribution in [0.5, 0.6) is 0 Å². The molecule has 1 aromatic carbocycles. The van der Waals surface area contributed by atoms with Crippen molar-refractivity contribution in [1.82, 2.24) is 9.88 Å². The van der Waals surface area contributed by atoms with Gasteiger partial charge in [0.25, 0.3) is 5.91 Å². The number of nitrogens with one attached hydrogen (secondary N) is 2. The average molecular weight is 382 g/mol. The number of piperidine rings is 1. The van der Waals surface area contributed by atoms with E-state index in [9.17, 15) is 9.59 Å². The molecule has 27 heavy (non-hydrogen) atoms. The van der Waals surface area contributed by atoms with Crippen molar-refractivity contribution in [1.29, 1.82) is 0 Å². The zero-order valence-electron chi connectivity index (χ0n) is 15.3. The van der Waals surface area contributed by atoms with E-state index < -0.39 is 0 Å². The molecule has 1 saturated heterocycles. The van der Waals surface area contributed by atoms with Crippen LogP contribution >= 0.6 is 11.3 Å². The van der Waals surface area contributed by atoms with Gasteiger partial charge >= 0.3 is 0 Å². The Morgan fingerprint density at radius 2 is 2.00 bits per heavy atom. The fourth-order valence-electron chi connectivity index (χ4n) is 3.66. The van der Waals surface area contributed by atoms with Crippen LogP contribution in [0.1, 0.15) is 35.8 Å². The van der Waals surface area contributed by atoms with E-state index in [0.717, 1.165) is 27.9 Å². The minimum atomic E-state index is -0.0499. The standard InChI is InChI=1S/C21H23N3O2S/c1-2-14-5-3-4-6-17(14)22-19(25)15-7-10-24(11-8-15)21(26)18-13-16-9-12-27-20(16)23-18/h3-6,9,12-13,15,23H,2,7-8,10-11H2,1H3,(H,22,25). The molecular weight excluding hydrogens is 358 g/mol. The fourth-order valence-corrected chi connectivity index (χ4v) is 4.45. The van der Waals surface area contributed by atoms with Crippen LogP contribution < -0.4 is 5.32 Å². The Morgan fingerprint density at radius 1 is 1.22 bits per heavy atom. The molecule has 0 atom stereocenters. The number of likely N-dealkylation sites (tertiary alicyclic amines) is 1. The van der Waals surface area contributed by atoms with Crippen LogP contribution in [0.4, 0.5) is 5.69 Å². The zero-order chi connectivity index (χ0) is 18.8. The summed E-state index contributed by atoms with van der Waals surface area (Å²) in [5.41, 5.74) is 2.68. The number of anilines is 1. The van der Waals surface area contributed by atoms with Crippen LogP contribution in [0.2, 0.25) is 0 Å². The average Bonchev–Trinajstić information content (AvgIpc) is 3.30. The molecule has 0 saturated carbocycles. The summed E-state index contributed by atoms with van der Waals surface area (Å²) in [4.78, 5) is 31.4. The molecule has 1 aliphatic rings. The number of amides is 2. The predicted molar refractivity (Wildman–Crippen MR) is 109 cm³/mol. The molecule has 2 aromatic heterocycles. The molecule has 5 nitrogen and oxygen atoms in total. The number of hydrogen-bond donors (Lipinski definition) is 2. The Kier molecular flexibility index (Phi) is 4.99. The summed E-state index contributed by atoms with van der Waals surface area (Å²) in [6.45, 7) is 3.30. The highest BCUT2D eigenvalue weighted by Crippen LogP contribution is 2.25. The van der Waals surface area contributed by atoms with Crippen LogP contribution in [0.15, 0.2) is 41.8 Å². The van der Waals surface area contributed by atoms with Gasteiger partial charge in [-0.15, -0.1) is 11.3 Å². The van der Waals surface area contributed by atoms with E-state index in [0.29, 0.717) is 31.6 Å². The minimum absolute atomic E-state index is 0.0218. The number of para-hydroxylation sites is 1. The van der Waals surface area contributed by atoms with Gasteiger partial charge in [-0.1, -0.05) is 25.1 Å². The number of fused-ring (bicyclic) bond motifs is 1. The van der Waals surface area contributed by atoms with Crippen LogP contribution in [-0.2, 0) is 11.2 Å². The van der Waals surface area contributed by atoms with Gasteiger partial charge in [0, 0.05) is 30.1 Å². The molecule has 2 amide bonds. The van der Waals surface area contributed by atoms with Crippen molar-refractivity contribution in [3.05, 3.63) is 53.0 Å². The quantitative estimate of drug-likeness (QED) is 0.708. The second-order valence-corrected chi connectivity index (χ2v) is 7.87. The molecule has 1 aliphatic heterocycles. The Morgan fingerprint density at radius 3 is 2.74 bits per heavy atom. The molecule has 0 radical (unpaired) electrons. The molecule has 3 aromatic rings. The van der Waals surface area contributed by atoms with Crippen molar-refractivity contribution in [2.45, 2.75) is 26.2 Å². The number of aromatic amines is 1. The van der Waals surface area contributed by atoms with Crippen LogP contribution in [0, 0.1) is 5.92 Å². The van der Waals surface area contributed by atoms with Crippen molar-refractivity contribution >= 4 is 39.1 Å². The second-order valence-electron chi connectivity index (χ2n) is 6.95. The third kappa shape index (κ3) is 3.62. The maximum Gasteiger partial charge on any atom is 0.270 e. The van der Waals surface area contributed by atoms with Gasteiger partial charge in [0.2, 0.25) is 5.91 Å². The summed E-state index contributed by atoms with van der Waals surface area (Å²) in [6.07, 6.45) is 2.28. The third-order valence-corrected chi connectivity index (χ3v) is 6.13. The Labute approximate surface area is 162 Å². The van der Waals surface area contributed by atoms with Crippen LogP contribution in [0.3, 0.4) is 0 Å². The number of benzene rings is 1. The van der Waals surface area contributed by atoms with Gasteiger partial charge in [-0.05, 0) is 48.4 Å². The van der Waals surface area contributed by atoms with Gasteiger partial charge < -0.3 is 15.2 Å². The van der Waals surface area contributed by atoms with Crippen molar-refractivity contribution < 1.29 is 9.59 Å². The number of carbonyl (C=O) groups is 2. The molecule has 2 N–H and O–H groups in total. The van der Waals surface area contributed by atoms with Gasteiger partial charge in [-0.25, -0.2) is 0 Å². The van der Waals surface area contributed by atoms with E-state index in [1.165, 1.54) is 0 Å². The lowest BCUT2D eigenvalue weighted by Crippen LogP contribution is -2.41. The Hall–Kier alpha value is -2.60. The summed E-state index contributed by atoms with van der Waals surface area (Å²) in [6, 6.07) is 11.8. The number of thiophene rings is 1. The maximum atomic E-state index is 12.7. The number of H-pyrrole nitrogens is 1. The molecule has 4 rings (SSSR count). The second kappa shape index (κ2) is 7.56. The lowest BCUT2D eigenvalue weighted by atomic mass is 9.95. The zero-order valence-corrected chi connectivity index (χ0v) is 16.1. The van der Waals surface area contributed by atoms with Crippen LogP contribution in [-0.4, -0.2) is 34.8 Å². The summed E-state index contributed by atoms with van der Waals surface area (Å²) in [7, 11) is 0. The molecule has 3 heterocycles. The normalized spacial score (nSPS) is 15.2. The first kappa shape index (κ1) is 17.8. The van der Waals surface area contributed by atoms with Gasteiger partial charge in [0.15, 0.2) is 0 Å². The third-order valence-electron chi connectivity index (χ3n) is 5.28. The summed E-state index contributed by atoms with van der Waals surface area (Å²) < 4.78 is 0. The van der Waals surface area contributed by atoms with Gasteiger partial charge in [0.05, 0.1) is 0 Å². The minimum Gasteiger partial charge on any atom is -0.342 e. The van der Waals surface area contributed by atoms with Crippen molar-refractivity contribution in [3.63, 3.8) is 0 Å². The first-order valence-electron chi connectivity index (χ1n) is 9.40. The lowest BCUT2D eigenvalue weighted by Gasteiger charge is -2.31. The number of hydrogen-bond acceptors (Lipinski definition) is 3. The molecule has 6 heteroatoms. The van der Waals surface area contributed by atoms with Crippen molar-refractivity contribution in [2.75, 3.05) is 18.4 Å². The number of rotatable bonds is 4. The topological polar surface area (TPSA) is 65.2 Å². The number of nitrogens with zero attached hydrogens (tertiary/aromatic N) is 1. The molecular formula is C21H23N3O2S. The summed E-state index contributed by atoms with van der Waals surface area (Å²) in [5.74, 6) is 0.0306. The molecule has 0 bridgehead atoms. The van der Waals surface area contributed by atoms with E-state index in [-0.39, 0.29) is 17.7 Å². The van der Waals surface area contributed by atoms with Crippen molar-refractivity contribution in [2.24, 2.45) is 5.92 Å². The lowest BCUT2D eigenvalue weighted by molar-refractivity contribution is -0.121. The maximum absolute atomic E-state index is 12.7. The highest BCUT2D eigenvalue weighted by molar-refractivity contribution is 7.16. The molecule has 140 valence electrons. The van der Waals surface area contributed by atoms with E-state index in [2.05, 4.69) is 17.2 Å². The van der Waals surface area contributed by atoms with Gasteiger partial charge in [0.1, 0.15) is 10.5 Å². The van der Waals surface area contributed by atoms with E-state index in [1.54, 1.807) is 11.3 Å². The van der Waals surface area contributed by atoms with Crippen molar-refractivity contribution in [3.8, 4) is 0 Å². The van der Waals surface area contributed by atoms with E-state index in [4.69, 9.17) is 0 Å². The van der Waals surface area contributed by atoms with E-state index in [1.807, 2.05) is 46.7 Å².